The molecule has 0 spiro atoms. The molecule has 1 radical (unpaired) electrons. The minimum Gasteiger partial charge on any atom is -1.00 e. The molecule has 12 rings (SSSR count). The van der Waals surface area contributed by atoms with Gasteiger partial charge in [0, 0.05) is 105 Å². The van der Waals surface area contributed by atoms with Gasteiger partial charge in [-0.05, 0) is 106 Å². The number of nitro benzene ring substituents is 2. The summed E-state index contributed by atoms with van der Waals surface area (Å²) < 4.78 is 63.4. The van der Waals surface area contributed by atoms with Crippen LogP contribution in [-0.2, 0) is 75.4 Å². The van der Waals surface area contributed by atoms with Crippen molar-refractivity contribution in [2.75, 3.05) is 0 Å². The van der Waals surface area contributed by atoms with Gasteiger partial charge in [0.2, 0.25) is 11.8 Å². The Morgan fingerprint density at radius 1 is 0.545 bits per heavy atom. The summed E-state index contributed by atoms with van der Waals surface area (Å²) >= 11 is 0. The number of hydrogen-bond acceptors (Lipinski definition) is 20. The van der Waals surface area contributed by atoms with Crippen LogP contribution < -0.4 is 124 Å². The predicted octanol–water partition coefficient (Wildman–Crippen LogP) is 4.46. The van der Waals surface area contributed by atoms with Gasteiger partial charge in [-0.1, -0.05) is 90.5 Å². The Morgan fingerprint density at radius 3 is 1.18 bits per heavy atom. The number of fused-ring (bicyclic) bond motifs is 6. The quantitative estimate of drug-likeness (QED) is 0.0235. The fourth-order valence-corrected chi connectivity index (χ4v) is 9.71. The van der Waals surface area contributed by atoms with Crippen LogP contribution in [0.1, 0.15) is 29.1 Å². The van der Waals surface area contributed by atoms with E-state index in [2.05, 4.69) is 45.0 Å². The predicted molar refractivity (Wildman–Crippen MR) is 353 cm³/mol. The standard InChI is InChI=1S/2C19H12N3O4S.C7H7BNO3.C7H6NO.2C5H5N.C2H4O2.CH2O3.2K.2Pd.H/c2*23-22(24)15-8-10-16(11-9-15)27(25,26)21-17-5-1-3-13-6-7-14-4-2-12-20-19(14)18(13)17;9-7(10)5-1-3-6(4-2-5)12-8-11;8-7(9)6-4-2-1-3-5-6;2*1-2-4-6-5-3-1;1-2(3)4;2-1-4-3;;;;;/h2*1-12H;1-4,11H,(H2,9,10);2-5H,(H2,8,9);2*1-5H;1H3,(H,3,4);1,3H;;;;;/q2*-1;;-1;;;;;2*+1;;+2;-1/p-1. The van der Waals surface area contributed by atoms with Gasteiger partial charge < -0.3 is 47.3 Å². The molecule has 12 aromatic rings. The number of sulfonamides is 2. The third-order valence-corrected chi connectivity index (χ3v) is 14.4. The summed E-state index contributed by atoms with van der Waals surface area (Å²) in [6.45, 7) is 0.903. The fraction of sp³-hybridized carbons (Fsp3) is 0.0154. The third kappa shape index (κ3) is 30.1. The number of carbonyl (C=O) groups is 4. The van der Waals surface area contributed by atoms with E-state index < -0.39 is 47.7 Å². The van der Waals surface area contributed by atoms with Crippen LogP contribution in [0.15, 0.2) is 265 Å². The van der Waals surface area contributed by atoms with Crippen molar-refractivity contribution in [3.63, 3.8) is 0 Å². The summed E-state index contributed by atoms with van der Waals surface area (Å²) in [5.41, 5.74) is 12.4. The van der Waals surface area contributed by atoms with E-state index in [4.69, 9.17) is 36.4 Å². The first-order valence-corrected chi connectivity index (χ1v) is 29.9. The molecule has 2 amide bonds. The molecular weight excluding hydrogens is 1560 g/mol. The number of carboxylic acids is 1. The van der Waals surface area contributed by atoms with Crippen LogP contribution in [-0.4, -0.2) is 88.7 Å². The van der Waals surface area contributed by atoms with E-state index in [1.54, 1.807) is 85.7 Å². The molecule has 27 nitrogen and oxygen atoms in total. The number of non-ortho nitro benzene ring substituents is 2. The maximum atomic E-state index is 12.7. The van der Waals surface area contributed by atoms with Crippen molar-refractivity contribution in [3.05, 3.63) is 302 Å². The molecule has 0 aliphatic heterocycles. The second-order valence-corrected chi connectivity index (χ2v) is 21.4. The van der Waals surface area contributed by atoms with Crippen LogP contribution in [0.2, 0.25) is 0 Å². The molecule has 99 heavy (non-hydrogen) atoms. The van der Waals surface area contributed by atoms with Gasteiger partial charge in [-0.15, -0.1) is 11.4 Å². The maximum absolute atomic E-state index is 12.7. The molecule has 503 valence electrons. The summed E-state index contributed by atoms with van der Waals surface area (Å²) in [5.74, 6) is -1.28. The van der Waals surface area contributed by atoms with Crippen molar-refractivity contribution in [3.8, 4) is 5.75 Å². The Labute approximate surface area is 681 Å². The summed E-state index contributed by atoms with van der Waals surface area (Å²) in [6.07, 6.45) is 10.3. The van der Waals surface area contributed by atoms with Gasteiger partial charge in [0.25, 0.3) is 23.8 Å². The van der Waals surface area contributed by atoms with E-state index in [9.17, 15) is 46.7 Å². The molecule has 8 aromatic carbocycles. The molecule has 0 aliphatic carbocycles. The monoisotopic (exact) mass is 1610 g/mol. The van der Waals surface area contributed by atoms with Gasteiger partial charge in [-0.2, -0.15) is 30.3 Å². The summed E-state index contributed by atoms with van der Waals surface area (Å²) in [6, 6.07) is 61.5. The van der Waals surface area contributed by atoms with Crippen molar-refractivity contribution < 1.29 is 216 Å². The number of nitro groups is 2. The number of primary amides is 2. The molecule has 0 saturated carbocycles. The van der Waals surface area contributed by atoms with Crippen molar-refractivity contribution >= 4 is 118 Å². The smallest absolute Gasteiger partial charge is 1.00 e. The minimum atomic E-state index is -4.04. The molecule has 4 aromatic heterocycles. The number of aliphatic carboxylic acids is 1. The molecule has 0 aliphatic rings. The largest absolute Gasteiger partial charge is 2.00 e. The average molecular weight is 1610 g/mol. The summed E-state index contributed by atoms with van der Waals surface area (Å²) in [5, 5.41) is 50.3. The zero-order chi connectivity index (χ0) is 69.2. The van der Waals surface area contributed by atoms with E-state index in [0.29, 0.717) is 46.4 Å². The molecule has 0 fully saturated rings. The normalized spacial score (nSPS) is 9.65. The number of aromatic nitrogens is 4. The van der Waals surface area contributed by atoms with Crippen LogP contribution in [0.25, 0.3) is 52.8 Å². The van der Waals surface area contributed by atoms with Crippen molar-refractivity contribution in [1.29, 1.82) is 0 Å². The van der Waals surface area contributed by atoms with Crippen molar-refractivity contribution in [2.24, 2.45) is 11.5 Å². The number of benzene rings is 8. The molecule has 34 heteroatoms. The molecule has 0 unspecified atom stereocenters. The van der Waals surface area contributed by atoms with Gasteiger partial charge >= 0.3 is 131 Å². The number of hydrogen-bond donors (Lipinski definition) is 4. The minimum absolute atomic E-state index is 0. The number of carboxylic acid groups (broad SMARTS) is 1. The molecule has 0 atom stereocenters. The van der Waals surface area contributed by atoms with E-state index in [1.807, 2.05) is 97.1 Å². The number of carbonyl (C=O) groups excluding carboxylic acids is 3. The van der Waals surface area contributed by atoms with Crippen molar-refractivity contribution in [1.82, 2.24) is 19.9 Å². The first-order valence-electron chi connectivity index (χ1n) is 27.0. The molecular formula is C65H53BK2N10O17Pd2S2-. The van der Waals surface area contributed by atoms with Gasteiger partial charge in [-0.25, -0.2) is 16.8 Å². The maximum Gasteiger partial charge on any atom is 2.00 e. The second-order valence-electron chi connectivity index (χ2n) is 18.2. The Bertz CT molecular complexity index is 4460. The Balaban J connectivity index is 0.00000123. The first kappa shape index (κ1) is 89.0. The van der Waals surface area contributed by atoms with Crippen molar-refractivity contribution in [2.45, 2.75) is 16.7 Å². The zero-order valence-electron chi connectivity index (χ0n) is 53.1. The van der Waals surface area contributed by atoms with E-state index >= 15 is 0 Å². The Hall–Kier alpha value is -8.04. The molecule has 0 saturated heterocycles. The molecule has 0 bridgehead atoms. The fourth-order valence-electron chi connectivity index (χ4n) is 7.72. The SMILES string of the molecule is CC(=O)O.NC(=O)c1cc[c-]cc1.NC(=O)c1ccc(O[B]O)cc1.O=CO[O-].O=[N+]([O-])c1ccc(S(=O)(=O)[N-]c2cccc3ccc4cccnc4c23)cc1.O=[N+]([O-])c1ccc(S(=O)(=O)[N-]c2cccc3ccc4cccnc4c23)cc1.[H-].[K+].[K+].[Pd+2].[Pd].c1ccncc1.c1ccncc1. The number of amides is 2. The van der Waals surface area contributed by atoms with Gasteiger partial charge in [0.05, 0.1) is 30.7 Å². The Kier molecular flexibility index (Phi) is 42.3. The van der Waals surface area contributed by atoms with Gasteiger partial charge in [0.15, 0.2) is 0 Å². The van der Waals surface area contributed by atoms with Crippen LogP contribution in [0.4, 0.5) is 22.7 Å². The van der Waals surface area contributed by atoms with Crippen LogP contribution >= 0.6 is 0 Å². The van der Waals surface area contributed by atoms with Gasteiger partial charge in [-0.3, -0.25) is 59.3 Å². The Morgan fingerprint density at radius 2 is 0.889 bits per heavy atom. The summed E-state index contributed by atoms with van der Waals surface area (Å²) in [4.78, 5) is 77.7. The number of nitrogens with zero attached hydrogens (tertiary/aromatic N) is 8. The van der Waals surface area contributed by atoms with Crippen LogP contribution in [0.5, 0.6) is 5.75 Å². The zero-order valence-corrected chi connectivity index (χ0v) is 63.1. The molecule has 6 N–H and O–H groups in total. The number of pyridine rings is 4. The van der Waals surface area contributed by atoms with Crippen LogP contribution in [0.3, 0.4) is 0 Å². The topological polar surface area (TPSA) is 437 Å². The van der Waals surface area contributed by atoms with E-state index in [1.165, 1.54) is 48.5 Å². The van der Waals surface area contributed by atoms with Gasteiger partial charge in [0.1, 0.15) is 25.8 Å². The van der Waals surface area contributed by atoms with E-state index in [0.717, 1.165) is 52.7 Å². The van der Waals surface area contributed by atoms with E-state index in [-0.39, 0.29) is 184 Å². The average Bonchev–Trinajstić information content (AvgIpc) is 0.778. The number of rotatable bonds is 13. The second kappa shape index (κ2) is 47.1. The first-order chi connectivity index (χ1) is 45.6. The number of nitrogens with two attached hydrogens (primary N) is 2. The van der Waals surface area contributed by atoms with Crippen LogP contribution in [0, 0.1) is 26.3 Å². The third-order valence-electron chi connectivity index (χ3n) is 11.8. The summed E-state index contributed by atoms with van der Waals surface area (Å²) in [7, 11) is -7.51. The molecule has 4 heterocycles.